The Labute approximate surface area is 165 Å². The van der Waals surface area contributed by atoms with Gasteiger partial charge in [0, 0.05) is 31.4 Å². The zero-order valence-corrected chi connectivity index (χ0v) is 16.0. The zero-order chi connectivity index (χ0) is 19.2. The first-order valence-electron chi connectivity index (χ1n) is 9.95. The number of rotatable bonds is 6. The van der Waals surface area contributed by atoms with Gasteiger partial charge in [-0.25, -0.2) is 0 Å². The number of nitrogens with one attached hydrogen (secondary N) is 2. The van der Waals surface area contributed by atoms with Gasteiger partial charge in [-0.05, 0) is 54.6 Å². The minimum absolute atomic E-state index is 0.0206. The third kappa shape index (κ3) is 4.49. The molecular weight excluding hydrogens is 348 g/mol. The number of benzene rings is 2. The molecule has 1 aromatic heterocycles. The molecule has 1 aliphatic heterocycles. The van der Waals surface area contributed by atoms with E-state index < -0.39 is 0 Å². The van der Waals surface area contributed by atoms with Crippen LogP contribution in [-0.2, 0) is 0 Å². The third-order valence-electron chi connectivity index (χ3n) is 5.45. The van der Waals surface area contributed by atoms with Crippen LogP contribution in [0.25, 0.3) is 11.3 Å². The second kappa shape index (κ2) is 8.85. The summed E-state index contributed by atoms with van der Waals surface area (Å²) >= 11 is 0. The van der Waals surface area contributed by atoms with Gasteiger partial charge in [0.1, 0.15) is 0 Å². The molecule has 28 heavy (non-hydrogen) atoms. The van der Waals surface area contributed by atoms with Crippen molar-refractivity contribution in [3.63, 3.8) is 0 Å². The Balaban J connectivity index is 1.26. The molecule has 1 atom stereocenters. The molecule has 0 saturated carbocycles. The van der Waals surface area contributed by atoms with Gasteiger partial charge in [-0.2, -0.15) is 5.10 Å². The number of hydrogen-bond donors (Lipinski definition) is 2. The fourth-order valence-electron chi connectivity index (χ4n) is 3.90. The first kappa shape index (κ1) is 18.4. The maximum absolute atomic E-state index is 12.4. The van der Waals surface area contributed by atoms with Gasteiger partial charge in [0.15, 0.2) is 0 Å². The summed E-state index contributed by atoms with van der Waals surface area (Å²) in [5.74, 6) is 0.577. The van der Waals surface area contributed by atoms with Crippen LogP contribution in [0.5, 0.6) is 0 Å². The monoisotopic (exact) mass is 374 g/mol. The van der Waals surface area contributed by atoms with Crippen molar-refractivity contribution in [3.8, 4) is 11.3 Å². The van der Waals surface area contributed by atoms with Crippen LogP contribution in [0, 0.1) is 0 Å². The van der Waals surface area contributed by atoms with E-state index in [1.165, 1.54) is 18.4 Å². The Bertz CT molecular complexity index is 875. The standard InChI is InChI=1S/C23H26N4O/c28-23(20-10-8-19(9-11-20)22-12-13-25-26-22)24-14-16-27-15-4-7-21(17-27)18-5-2-1-3-6-18/h1-3,5-6,8-13,21H,4,7,14-17H2,(H,24,28)(H,25,26)/t21-/m0/s1. The summed E-state index contributed by atoms with van der Waals surface area (Å²) in [4.78, 5) is 14.9. The topological polar surface area (TPSA) is 61.0 Å². The number of amides is 1. The average Bonchev–Trinajstić information content (AvgIpc) is 3.30. The van der Waals surface area contributed by atoms with Crippen molar-refractivity contribution in [2.45, 2.75) is 18.8 Å². The van der Waals surface area contributed by atoms with E-state index in [1.807, 2.05) is 30.3 Å². The molecular formula is C23H26N4O. The van der Waals surface area contributed by atoms with Crippen molar-refractivity contribution in [1.29, 1.82) is 0 Å². The fourth-order valence-corrected chi connectivity index (χ4v) is 3.90. The number of piperidine rings is 1. The quantitative estimate of drug-likeness (QED) is 0.692. The molecule has 3 aromatic rings. The van der Waals surface area contributed by atoms with Crippen molar-refractivity contribution in [3.05, 3.63) is 78.0 Å². The van der Waals surface area contributed by atoms with Gasteiger partial charge in [-0.15, -0.1) is 0 Å². The Morgan fingerprint density at radius 3 is 2.68 bits per heavy atom. The zero-order valence-electron chi connectivity index (χ0n) is 16.0. The predicted molar refractivity (Wildman–Crippen MR) is 111 cm³/mol. The summed E-state index contributed by atoms with van der Waals surface area (Å²) in [6.07, 6.45) is 4.18. The molecule has 5 heteroatoms. The van der Waals surface area contributed by atoms with E-state index in [1.54, 1.807) is 6.20 Å². The van der Waals surface area contributed by atoms with Gasteiger partial charge in [0.05, 0.1) is 5.69 Å². The largest absolute Gasteiger partial charge is 0.351 e. The molecule has 1 aliphatic rings. The highest BCUT2D eigenvalue weighted by Crippen LogP contribution is 2.26. The maximum Gasteiger partial charge on any atom is 0.251 e. The number of likely N-dealkylation sites (tertiary alicyclic amines) is 1. The van der Waals surface area contributed by atoms with Crippen LogP contribution in [0.15, 0.2) is 66.9 Å². The van der Waals surface area contributed by atoms with Crippen molar-refractivity contribution in [2.24, 2.45) is 0 Å². The van der Waals surface area contributed by atoms with Gasteiger partial charge in [0.25, 0.3) is 5.91 Å². The number of hydrogen-bond acceptors (Lipinski definition) is 3. The Morgan fingerprint density at radius 1 is 1.11 bits per heavy atom. The molecule has 1 fully saturated rings. The van der Waals surface area contributed by atoms with E-state index in [4.69, 9.17) is 0 Å². The van der Waals surface area contributed by atoms with Crippen molar-refractivity contribution in [2.75, 3.05) is 26.2 Å². The summed E-state index contributed by atoms with van der Waals surface area (Å²) in [5.41, 5.74) is 4.08. The highest BCUT2D eigenvalue weighted by molar-refractivity contribution is 5.94. The molecule has 2 heterocycles. The number of nitrogens with zero attached hydrogens (tertiary/aromatic N) is 2. The molecule has 2 N–H and O–H groups in total. The summed E-state index contributed by atoms with van der Waals surface area (Å²) < 4.78 is 0. The number of H-pyrrole nitrogens is 1. The molecule has 0 bridgehead atoms. The lowest BCUT2D eigenvalue weighted by atomic mass is 9.91. The van der Waals surface area contributed by atoms with E-state index in [0.29, 0.717) is 18.0 Å². The van der Waals surface area contributed by atoms with E-state index >= 15 is 0 Å². The molecule has 0 spiro atoms. The molecule has 0 unspecified atom stereocenters. The smallest absolute Gasteiger partial charge is 0.251 e. The minimum atomic E-state index is -0.0206. The minimum Gasteiger partial charge on any atom is -0.351 e. The summed E-state index contributed by atoms with van der Waals surface area (Å²) in [5, 5.41) is 9.94. The third-order valence-corrected chi connectivity index (χ3v) is 5.45. The van der Waals surface area contributed by atoms with Gasteiger partial charge >= 0.3 is 0 Å². The molecule has 1 amide bonds. The second-order valence-corrected chi connectivity index (χ2v) is 7.35. The van der Waals surface area contributed by atoms with Crippen molar-refractivity contribution >= 4 is 5.91 Å². The van der Waals surface area contributed by atoms with Gasteiger partial charge in [-0.3, -0.25) is 9.89 Å². The van der Waals surface area contributed by atoms with Crippen LogP contribution in [0.3, 0.4) is 0 Å². The summed E-state index contributed by atoms with van der Waals surface area (Å²) in [6.45, 7) is 3.74. The van der Waals surface area contributed by atoms with Crippen LogP contribution in [-0.4, -0.2) is 47.2 Å². The Kier molecular flexibility index (Phi) is 5.83. The van der Waals surface area contributed by atoms with E-state index in [9.17, 15) is 4.79 Å². The molecule has 5 nitrogen and oxygen atoms in total. The van der Waals surface area contributed by atoms with Gasteiger partial charge < -0.3 is 10.2 Å². The molecule has 0 aliphatic carbocycles. The van der Waals surface area contributed by atoms with Crippen LogP contribution in [0.1, 0.15) is 34.7 Å². The number of aromatic nitrogens is 2. The first-order valence-corrected chi connectivity index (χ1v) is 9.95. The molecule has 1 saturated heterocycles. The van der Waals surface area contributed by atoms with Gasteiger partial charge in [0.2, 0.25) is 0 Å². The lowest BCUT2D eigenvalue weighted by molar-refractivity contribution is 0.0945. The normalized spacial score (nSPS) is 17.4. The maximum atomic E-state index is 12.4. The lowest BCUT2D eigenvalue weighted by Gasteiger charge is -2.33. The second-order valence-electron chi connectivity index (χ2n) is 7.35. The van der Waals surface area contributed by atoms with Crippen molar-refractivity contribution < 1.29 is 4.79 Å². The number of carbonyl (C=O) groups excluding carboxylic acids is 1. The Morgan fingerprint density at radius 2 is 1.93 bits per heavy atom. The van der Waals surface area contributed by atoms with Crippen LogP contribution in [0.2, 0.25) is 0 Å². The fraction of sp³-hybridized carbons (Fsp3) is 0.304. The van der Waals surface area contributed by atoms with E-state index in [-0.39, 0.29) is 5.91 Å². The lowest BCUT2D eigenvalue weighted by Crippen LogP contribution is -2.40. The van der Waals surface area contributed by atoms with Crippen LogP contribution < -0.4 is 5.32 Å². The van der Waals surface area contributed by atoms with E-state index in [0.717, 1.165) is 30.9 Å². The highest BCUT2D eigenvalue weighted by Gasteiger charge is 2.20. The van der Waals surface area contributed by atoms with Crippen LogP contribution >= 0.6 is 0 Å². The summed E-state index contributed by atoms with van der Waals surface area (Å²) in [6, 6.07) is 20.3. The summed E-state index contributed by atoms with van der Waals surface area (Å²) in [7, 11) is 0. The molecule has 0 radical (unpaired) electrons. The number of carbonyl (C=O) groups is 1. The first-order chi connectivity index (χ1) is 13.8. The predicted octanol–water partition coefficient (Wildman–Crippen LogP) is 3.69. The SMILES string of the molecule is O=C(NCCN1CCC[C@H](c2ccccc2)C1)c1ccc(-c2ccn[nH]2)cc1. The molecule has 144 valence electrons. The molecule has 4 rings (SSSR count). The highest BCUT2D eigenvalue weighted by atomic mass is 16.1. The number of aromatic amines is 1. The Hall–Kier alpha value is -2.92. The van der Waals surface area contributed by atoms with E-state index in [2.05, 4.69) is 50.7 Å². The van der Waals surface area contributed by atoms with Crippen LogP contribution in [0.4, 0.5) is 0 Å². The van der Waals surface area contributed by atoms with Crippen molar-refractivity contribution in [1.82, 2.24) is 20.4 Å². The molecule has 2 aromatic carbocycles. The average molecular weight is 374 g/mol. The van der Waals surface area contributed by atoms with Gasteiger partial charge in [-0.1, -0.05) is 42.5 Å².